The summed E-state index contributed by atoms with van der Waals surface area (Å²) in [5, 5.41) is 2.25. The van der Waals surface area contributed by atoms with E-state index in [1.807, 2.05) is 0 Å². The van der Waals surface area contributed by atoms with Crippen molar-refractivity contribution in [1.29, 1.82) is 0 Å². The molecule has 164 valence electrons. The van der Waals surface area contributed by atoms with Crippen molar-refractivity contribution in [3.63, 3.8) is 0 Å². The van der Waals surface area contributed by atoms with Crippen molar-refractivity contribution in [2.75, 3.05) is 13.7 Å². The molecule has 1 aliphatic heterocycles. The fraction of sp³-hybridized carbons (Fsp3) is 0.250. The Kier molecular flexibility index (Phi) is 9.13. The van der Waals surface area contributed by atoms with Crippen LogP contribution in [-0.4, -0.2) is 54.4 Å². The molecule has 0 bridgehead atoms. The van der Waals surface area contributed by atoms with Gasteiger partial charge in [0, 0.05) is 7.11 Å². The van der Waals surface area contributed by atoms with Crippen LogP contribution in [0.4, 0.5) is 0 Å². The molecule has 2 unspecified atom stereocenters. The van der Waals surface area contributed by atoms with Crippen molar-refractivity contribution < 1.29 is 88.2 Å². The van der Waals surface area contributed by atoms with Gasteiger partial charge in [0.1, 0.15) is 6.61 Å². The Bertz CT molecular complexity index is 1080. The zero-order chi connectivity index (χ0) is 22.6. The van der Waals surface area contributed by atoms with Gasteiger partial charge in [-0.25, -0.2) is 12.7 Å². The average Bonchev–Trinajstić information content (AvgIpc) is 2.75. The van der Waals surface area contributed by atoms with E-state index in [9.17, 15) is 27.4 Å². The van der Waals surface area contributed by atoms with Gasteiger partial charge in [0.05, 0.1) is 6.54 Å². The molecule has 1 fully saturated rings. The molecule has 2 aromatic carbocycles. The zero-order valence-electron chi connectivity index (χ0n) is 17.4. The molecule has 0 radical (unpaired) electrons. The summed E-state index contributed by atoms with van der Waals surface area (Å²) >= 11 is 0. The predicted molar refractivity (Wildman–Crippen MR) is 105 cm³/mol. The second-order valence-corrected chi connectivity index (χ2v) is 8.02. The minimum atomic E-state index is -5.05. The minimum absolute atomic E-state index is 0. The van der Waals surface area contributed by atoms with Crippen LogP contribution in [0.1, 0.15) is 17.0 Å². The third-order valence-corrected chi connectivity index (χ3v) is 5.57. The van der Waals surface area contributed by atoms with E-state index in [0.717, 1.165) is 7.11 Å². The molecule has 2 amide bonds. The molecule has 0 aliphatic carbocycles. The standard InChI is InChI=1S/C20H20N2O8S.K/c1-29-20(13-22(19(20)25)31(26,27)28)21-17(23)16(15-10-6-3-7-11-15)18(24)30-12-14-8-4-2-5-9-14;/h2-11,16H,12-13H2,1H3,(H,21,23)(H,26,27,28);/q;+1/p-1. The molecule has 1 N–H and O–H groups in total. The smallest absolute Gasteiger partial charge is 0.731 e. The summed E-state index contributed by atoms with van der Waals surface area (Å²) in [4.78, 5) is 38.0. The Labute approximate surface area is 227 Å². The van der Waals surface area contributed by atoms with Gasteiger partial charge in [0.25, 0.3) is 5.91 Å². The Morgan fingerprint density at radius 3 is 2.19 bits per heavy atom. The fourth-order valence-electron chi connectivity index (χ4n) is 3.05. The van der Waals surface area contributed by atoms with E-state index in [2.05, 4.69) is 5.32 Å². The number of carbonyl (C=O) groups excluding carboxylic acids is 3. The molecule has 12 heteroatoms. The van der Waals surface area contributed by atoms with E-state index in [4.69, 9.17) is 9.47 Å². The number of ether oxygens (including phenoxy) is 2. The summed E-state index contributed by atoms with van der Waals surface area (Å²) in [5.74, 6) is -4.52. The van der Waals surface area contributed by atoms with Gasteiger partial charge in [0.2, 0.25) is 11.6 Å². The monoisotopic (exact) mass is 486 g/mol. The third kappa shape index (κ3) is 5.83. The van der Waals surface area contributed by atoms with Gasteiger partial charge in [-0.1, -0.05) is 60.7 Å². The second-order valence-electron chi connectivity index (χ2n) is 6.73. The summed E-state index contributed by atoms with van der Waals surface area (Å²) in [6.45, 7) is -0.784. The van der Waals surface area contributed by atoms with Gasteiger partial charge in [-0.3, -0.25) is 14.4 Å². The number of carbonyl (C=O) groups is 3. The van der Waals surface area contributed by atoms with E-state index < -0.39 is 46.3 Å². The Morgan fingerprint density at radius 2 is 1.69 bits per heavy atom. The van der Waals surface area contributed by atoms with Gasteiger partial charge in [-0.2, -0.15) is 0 Å². The fourth-order valence-corrected chi connectivity index (χ4v) is 3.74. The Balaban J connectivity index is 0.00000363. The maximum absolute atomic E-state index is 13.0. The summed E-state index contributed by atoms with van der Waals surface area (Å²) in [5.41, 5.74) is -1.06. The number of hydrogen-bond donors (Lipinski definition) is 1. The molecule has 2 atom stereocenters. The topological polar surface area (TPSA) is 142 Å². The minimum Gasteiger partial charge on any atom is -0.731 e. The number of methoxy groups -OCH3 is 1. The summed E-state index contributed by atoms with van der Waals surface area (Å²) < 4.78 is 43.6. The first-order chi connectivity index (χ1) is 14.7. The van der Waals surface area contributed by atoms with Crippen LogP contribution in [0, 0.1) is 0 Å². The molecular formula is C20H19KN2O8S. The van der Waals surface area contributed by atoms with Crippen molar-refractivity contribution in [1.82, 2.24) is 9.62 Å². The first kappa shape index (κ1) is 26.6. The summed E-state index contributed by atoms with van der Waals surface area (Å²) in [6, 6.07) is 16.8. The van der Waals surface area contributed by atoms with Gasteiger partial charge < -0.3 is 19.3 Å². The van der Waals surface area contributed by atoms with Crippen molar-refractivity contribution in [3.8, 4) is 0 Å². The zero-order valence-corrected chi connectivity index (χ0v) is 21.3. The van der Waals surface area contributed by atoms with E-state index in [1.165, 1.54) is 12.1 Å². The SMILES string of the molecule is COC1(NC(=O)C(C(=O)OCc2ccccc2)c2ccccc2)CN(S(=O)(=O)[O-])C1=O.[K+]. The molecular weight excluding hydrogens is 467 g/mol. The van der Waals surface area contributed by atoms with E-state index in [1.54, 1.807) is 48.5 Å². The van der Waals surface area contributed by atoms with Crippen molar-refractivity contribution in [2.24, 2.45) is 0 Å². The van der Waals surface area contributed by atoms with Gasteiger partial charge >= 0.3 is 57.4 Å². The van der Waals surface area contributed by atoms with E-state index in [0.29, 0.717) is 11.1 Å². The van der Waals surface area contributed by atoms with Gasteiger partial charge in [-0.15, -0.1) is 0 Å². The number of nitrogens with one attached hydrogen (secondary N) is 1. The molecule has 1 saturated heterocycles. The molecule has 3 rings (SSSR count). The molecule has 1 heterocycles. The van der Waals surface area contributed by atoms with Crippen LogP contribution in [0.5, 0.6) is 0 Å². The van der Waals surface area contributed by atoms with Gasteiger partial charge in [0.15, 0.2) is 16.2 Å². The number of nitrogens with zero attached hydrogens (tertiary/aromatic N) is 1. The second kappa shape index (κ2) is 11.0. The Hall–Kier alpha value is -1.64. The molecule has 0 saturated carbocycles. The molecule has 10 nitrogen and oxygen atoms in total. The number of amides is 2. The van der Waals surface area contributed by atoms with Crippen LogP contribution in [0.25, 0.3) is 0 Å². The summed E-state index contributed by atoms with van der Waals surface area (Å²) in [7, 11) is -3.98. The predicted octanol–water partition coefficient (Wildman–Crippen LogP) is -2.72. The van der Waals surface area contributed by atoms with Crippen LogP contribution in [-0.2, 0) is 40.8 Å². The average molecular weight is 487 g/mol. The molecule has 32 heavy (non-hydrogen) atoms. The van der Waals surface area contributed by atoms with Crippen LogP contribution >= 0.6 is 0 Å². The van der Waals surface area contributed by atoms with Crippen LogP contribution in [0.2, 0.25) is 0 Å². The first-order valence-corrected chi connectivity index (χ1v) is 10.4. The van der Waals surface area contributed by atoms with E-state index >= 15 is 0 Å². The Morgan fingerprint density at radius 1 is 1.12 bits per heavy atom. The molecule has 2 aromatic rings. The maximum atomic E-state index is 13.0. The van der Waals surface area contributed by atoms with Crippen molar-refractivity contribution in [3.05, 3.63) is 71.8 Å². The maximum Gasteiger partial charge on any atom is 1.00 e. The van der Waals surface area contributed by atoms with Gasteiger partial charge in [-0.05, 0) is 11.1 Å². The molecule has 0 spiro atoms. The third-order valence-electron chi connectivity index (χ3n) is 4.74. The van der Waals surface area contributed by atoms with Crippen molar-refractivity contribution in [2.45, 2.75) is 18.2 Å². The largest absolute Gasteiger partial charge is 1.00 e. The van der Waals surface area contributed by atoms with Crippen molar-refractivity contribution >= 4 is 28.1 Å². The number of β-lactam (4-membered cyclic amide) rings is 1. The van der Waals surface area contributed by atoms with E-state index in [-0.39, 0.29) is 62.3 Å². The normalized spacial score (nSPS) is 18.7. The first-order valence-electron chi connectivity index (χ1n) is 9.08. The molecule has 1 aliphatic rings. The van der Waals surface area contributed by atoms with Crippen LogP contribution in [0.15, 0.2) is 60.7 Å². The number of esters is 1. The van der Waals surface area contributed by atoms with Crippen LogP contribution < -0.4 is 56.7 Å². The molecule has 0 aromatic heterocycles. The summed E-state index contributed by atoms with van der Waals surface area (Å²) in [6.07, 6.45) is 0. The number of benzene rings is 2. The number of rotatable bonds is 8. The van der Waals surface area contributed by atoms with Crippen LogP contribution in [0.3, 0.4) is 0 Å². The number of hydrogen-bond acceptors (Lipinski definition) is 8. The quantitative estimate of drug-likeness (QED) is 0.106.